The topological polar surface area (TPSA) is 63.5 Å². The zero-order valence-electron chi connectivity index (χ0n) is 13.1. The molecule has 0 aromatic heterocycles. The van der Waals surface area contributed by atoms with Gasteiger partial charge in [-0.15, -0.1) is 0 Å². The van der Waals surface area contributed by atoms with Crippen LogP contribution >= 0.6 is 15.9 Å². The van der Waals surface area contributed by atoms with E-state index in [9.17, 15) is 13.2 Å². The number of carbonyl (C=O) groups is 1. The minimum Gasteiger partial charge on any atom is -0.468 e. The predicted molar refractivity (Wildman–Crippen MR) is 92.9 cm³/mol. The highest BCUT2D eigenvalue weighted by Crippen LogP contribution is 2.48. The number of benzene rings is 2. The van der Waals surface area contributed by atoms with Crippen LogP contribution in [0, 0.1) is 6.92 Å². The molecule has 5 nitrogen and oxygen atoms in total. The van der Waals surface area contributed by atoms with Crippen molar-refractivity contribution < 1.29 is 17.9 Å². The van der Waals surface area contributed by atoms with Crippen LogP contribution in [0.5, 0.6) is 0 Å². The molecule has 1 heterocycles. The lowest BCUT2D eigenvalue weighted by Gasteiger charge is -2.07. The molecular weight excluding hydrogens is 394 g/mol. The van der Waals surface area contributed by atoms with Crippen LogP contribution in [0.25, 0.3) is 0 Å². The Kier molecular flexibility index (Phi) is 4.50. The lowest BCUT2D eigenvalue weighted by Crippen LogP contribution is -2.20. The number of ether oxygens (including phenoxy) is 1. The summed E-state index contributed by atoms with van der Waals surface area (Å²) in [5.41, 5.74) is 1.72. The summed E-state index contributed by atoms with van der Waals surface area (Å²) in [6, 6.07) is 12.4. The Morgan fingerprint density at radius 2 is 1.67 bits per heavy atom. The zero-order valence-corrected chi connectivity index (χ0v) is 15.5. The van der Waals surface area contributed by atoms with Crippen molar-refractivity contribution in [2.45, 2.75) is 23.9 Å². The lowest BCUT2D eigenvalue weighted by molar-refractivity contribution is -0.140. The second-order valence-electron chi connectivity index (χ2n) is 5.61. The zero-order chi connectivity index (χ0) is 17.5. The molecule has 1 saturated heterocycles. The molecule has 3 atom stereocenters. The van der Waals surface area contributed by atoms with Gasteiger partial charge in [-0.3, -0.25) is 4.79 Å². The molecule has 0 amide bonds. The SMILES string of the molecule is COC(=O)[C@H]1[C@@H](c2ccc(Br)cc2)N1S(=O)(=O)c1ccc(C)cc1. The van der Waals surface area contributed by atoms with Crippen molar-refractivity contribution in [3.63, 3.8) is 0 Å². The Labute approximate surface area is 149 Å². The normalized spacial score (nSPS) is 22.9. The summed E-state index contributed by atoms with van der Waals surface area (Å²) in [5, 5.41) is 0. The number of nitrogens with zero attached hydrogens (tertiary/aromatic N) is 1. The van der Waals surface area contributed by atoms with Gasteiger partial charge in [-0.05, 0) is 36.8 Å². The van der Waals surface area contributed by atoms with Gasteiger partial charge in [0.05, 0.1) is 18.0 Å². The van der Waals surface area contributed by atoms with Gasteiger partial charge in [0.15, 0.2) is 0 Å². The Balaban J connectivity index is 1.99. The second-order valence-corrected chi connectivity index (χ2v) is 8.37. The third-order valence-electron chi connectivity index (χ3n) is 4.01. The molecule has 126 valence electrons. The largest absolute Gasteiger partial charge is 0.468 e. The third-order valence-corrected chi connectivity index (χ3v) is 6.41. The van der Waals surface area contributed by atoms with Crippen LogP contribution in [-0.4, -0.2) is 31.8 Å². The van der Waals surface area contributed by atoms with Gasteiger partial charge < -0.3 is 4.74 Å². The molecule has 0 saturated carbocycles. The number of carbonyl (C=O) groups excluding carboxylic acids is 1. The van der Waals surface area contributed by atoms with Gasteiger partial charge in [0.2, 0.25) is 10.0 Å². The maximum Gasteiger partial charge on any atom is 0.326 e. The van der Waals surface area contributed by atoms with Crippen LogP contribution in [0.3, 0.4) is 0 Å². The smallest absolute Gasteiger partial charge is 0.326 e. The van der Waals surface area contributed by atoms with Crippen LogP contribution in [0.15, 0.2) is 57.9 Å². The Morgan fingerprint density at radius 1 is 1.08 bits per heavy atom. The van der Waals surface area contributed by atoms with Crippen LogP contribution < -0.4 is 0 Å². The van der Waals surface area contributed by atoms with Gasteiger partial charge in [-0.25, -0.2) is 8.42 Å². The summed E-state index contributed by atoms with van der Waals surface area (Å²) in [5.74, 6) is -0.557. The van der Waals surface area contributed by atoms with Crippen LogP contribution in [0.1, 0.15) is 17.2 Å². The second kappa shape index (κ2) is 6.31. The van der Waals surface area contributed by atoms with Gasteiger partial charge in [0, 0.05) is 4.47 Å². The van der Waals surface area contributed by atoms with E-state index in [2.05, 4.69) is 15.9 Å². The molecule has 0 bridgehead atoms. The highest BCUT2D eigenvalue weighted by atomic mass is 79.9. The van der Waals surface area contributed by atoms with E-state index in [1.54, 1.807) is 36.4 Å². The van der Waals surface area contributed by atoms with Crippen molar-refractivity contribution >= 4 is 31.9 Å². The quantitative estimate of drug-likeness (QED) is 0.574. The molecule has 0 aliphatic carbocycles. The minimum atomic E-state index is -3.77. The van der Waals surface area contributed by atoms with E-state index >= 15 is 0 Å². The van der Waals surface area contributed by atoms with Gasteiger partial charge in [0.1, 0.15) is 6.04 Å². The first-order valence-electron chi connectivity index (χ1n) is 7.30. The number of hydrogen-bond acceptors (Lipinski definition) is 4. The van der Waals surface area contributed by atoms with Crippen molar-refractivity contribution in [2.24, 2.45) is 0 Å². The van der Waals surface area contributed by atoms with E-state index in [0.717, 1.165) is 15.6 Å². The number of hydrogen-bond donors (Lipinski definition) is 0. The monoisotopic (exact) mass is 409 g/mol. The molecule has 0 N–H and O–H groups in total. The summed E-state index contributed by atoms with van der Waals surface area (Å²) in [6.45, 7) is 1.88. The Hall–Kier alpha value is -1.70. The van der Waals surface area contributed by atoms with E-state index in [4.69, 9.17) is 4.74 Å². The van der Waals surface area contributed by atoms with E-state index in [1.165, 1.54) is 11.4 Å². The number of methoxy groups -OCH3 is 1. The molecular formula is C17H16BrNO4S. The lowest BCUT2D eigenvalue weighted by atomic mass is 10.1. The first kappa shape index (κ1) is 17.1. The molecule has 1 unspecified atom stereocenters. The number of aryl methyl sites for hydroxylation is 1. The average molecular weight is 410 g/mol. The summed E-state index contributed by atoms with van der Waals surface area (Å²) in [4.78, 5) is 12.2. The molecule has 0 spiro atoms. The Morgan fingerprint density at radius 3 is 2.21 bits per heavy atom. The number of rotatable bonds is 4. The molecule has 2 aromatic carbocycles. The van der Waals surface area contributed by atoms with Crippen molar-refractivity contribution in [1.82, 2.24) is 4.31 Å². The van der Waals surface area contributed by atoms with Crippen molar-refractivity contribution in [1.29, 1.82) is 0 Å². The molecule has 2 aromatic rings. The molecule has 3 rings (SSSR count). The minimum absolute atomic E-state index is 0.168. The van der Waals surface area contributed by atoms with Gasteiger partial charge in [0.25, 0.3) is 0 Å². The summed E-state index contributed by atoms with van der Waals surface area (Å²) < 4.78 is 32.7. The fourth-order valence-electron chi connectivity index (χ4n) is 2.69. The first-order valence-corrected chi connectivity index (χ1v) is 9.53. The van der Waals surface area contributed by atoms with Crippen LogP contribution in [0.2, 0.25) is 0 Å². The standard InChI is InChI=1S/C17H16BrNO4S/c1-11-3-9-14(10-4-11)24(21,22)19-15(16(19)17(20)23-2)12-5-7-13(18)8-6-12/h3-10,15-16H,1-2H3/t15-,16-,19?/m1/s1. The first-order chi connectivity index (χ1) is 11.4. The fraction of sp³-hybridized carbons (Fsp3) is 0.235. The summed E-state index contributed by atoms with van der Waals surface area (Å²) in [7, 11) is -2.51. The van der Waals surface area contributed by atoms with E-state index in [1.807, 2.05) is 19.1 Å². The highest BCUT2D eigenvalue weighted by Gasteiger charge is 2.61. The molecule has 1 aliphatic heterocycles. The highest BCUT2D eigenvalue weighted by molar-refractivity contribution is 9.10. The van der Waals surface area contributed by atoms with E-state index in [0.29, 0.717) is 0 Å². The third kappa shape index (κ3) is 2.99. The van der Waals surface area contributed by atoms with Crippen molar-refractivity contribution in [3.8, 4) is 0 Å². The molecule has 0 radical (unpaired) electrons. The van der Waals surface area contributed by atoms with E-state index < -0.39 is 28.1 Å². The van der Waals surface area contributed by atoms with Gasteiger partial charge >= 0.3 is 5.97 Å². The average Bonchev–Trinajstić information content (AvgIpc) is 3.31. The molecule has 24 heavy (non-hydrogen) atoms. The van der Waals surface area contributed by atoms with E-state index in [-0.39, 0.29) is 4.90 Å². The van der Waals surface area contributed by atoms with Gasteiger partial charge in [-0.1, -0.05) is 45.8 Å². The van der Waals surface area contributed by atoms with Crippen molar-refractivity contribution in [3.05, 3.63) is 64.1 Å². The summed E-state index contributed by atoms with van der Waals surface area (Å²) in [6.07, 6.45) is 0. The van der Waals surface area contributed by atoms with Gasteiger partial charge in [-0.2, -0.15) is 4.31 Å². The predicted octanol–water partition coefficient (Wildman–Crippen LogP) is 3.04. The van der Waals surface area contributed by atoms with Crippen molar-refractivity contribution in [2.75, 3.05) is 7.11 Å². The number of sulfonamides is 1. The maximum atomic E-state index is 12.9. The molecule has 1 fully saturated rings. The number of esters is 1. The maximum absolute atomic E-state index is 12.9. The van der Waals surface area contributed by atoms with Crippen LogP contribution in [0.4, 0.5) is 0 Å². The molecule has 1 aliphatic rings. The number of halogens is 1. The van der Waals surface area contributed by atoms with Crippen LogP contribution in [-0.2, 0) is 19.6 Å². The fourth-order valence-corrected chi connectivity index (χ4v) is 4.65. The molecule has 7 heteroatoms. The Bertz CT molecular complexity index is 862. The summed E-state index contributed by atoms with van der Waals surface area (Å²) >= 11 is 3.35.